The summed E-state index contributed by atoms with van der Waals surface area (Å²) in [4.78, 5) is 37.2. The summed E-state index contributed by atoms with van der Waals surface area (Å²) < 4.78 is 1.51. The van der Waals surface area contributed by atoms with E-state index in [1.54, 1.807) is 0 Å². The predicted molar refractivity (Wildman–Crippen MR) is 107 cm³/mol. The first-order valence-corrected chi connectivity index (χ1v) is 10.7. The van der Waals surface area contributed by atoms with Crippen LogP contribution in [-0.4, -0.2) is 32.3 Å². The number of rotatable bonds is 7. The van der Waals surface area contributed by atoms with E-state index in [9.17, 15) is 14.4 Å². The van der Waals surface area contributed by atoms with Crippen LogP contribution in [0.4, 0.5) is 5.00 Å². The van der Waals surface area contributed by atoms with Gasteiger partial charge >= 0.3 is 5.69 Å². The molecule has 0 aliphatic heterocycles. The zero-order valence-corrected chi connectivity index (χ0v) is 17.0. The Balaban J connectivity index is 1.71. The van der Waals surface area contributed by atoms with Crippen molar-refractivity contribution >= 4 is 39.9 Å². The molecule has 2 aromatic heterocycles. The van der Waals surface area contributed by atoms with Crippen molar-refractivity contribution in [1.29, 1.82) is 0 Å². The summed E-state index contributed by atoms with van der Waals surface area (Å²) in [7, 11) is 0. The second-order valence-electron chi connectivity index (χ2n) is 6.72. The third-order valence-corrected chi connectivity index (χ3v) is 6.66. The maximum atomic E-state index is 12.4. The largest absolute Gasteiger partial charge is 0.365 e. The maximum absolute atomic E-state index is 12.4. The number of carbonyl (C=O) groups excluding carboxylic acids is 2. The van der Waals surface area contributed by atoms with Gasteiger partial charge in [0.1, 0.15) is 5.00 Å². The Labute approximate surface area is 164 Å². The number of H-pyrrole nitrogens is 1. The van der Waals surface area contributed by atoms with E-state index in [0.29, 0.717) is 28.2 Å². The minimum atomic E-state index is -0.505. The minimum Gasteiger partial charge on any atom is -0.365 e. The van der Waals surface area contributed by atoms with E-state index in [4.69, 9.17) is 5.73 Å². The van der Waals surface area contributed by atoms with Crippen molar-refractivity contribution in [3.8, 4) is 0 Å². The summed E-state index contributed by atoms with van der Waals surface area (Å²) in [5, 5.41) is 10.2. The Bertz CT molecular complexity index is 914. The molecule has 0 spiro atoms. The normalized spacial score (nSPS) is 16.1. The van der Waals surface area contributed by atoms with Crippen LogP contribution in [-0.2, 0) is 24.2 Å². The van der Waals surface area contributed by atoms with Gasteiger partial charge in [0.2, 0.25) is 5.91 Å². The minimum absolute atomic E-state index is 0.0885. The Morgan fingerprint density at radius 2 is 2.26 bits per heavy atom. The van der Waals surface area contributed by atoms with Crippen LogP contribution in [0.2, 0.25) is 0 Å². The van der Waals surface area contributed by atoms with Gasteiger partial charge in [-0.1, -0.05) is 25.6 Å². The fourth-order valence-electron chi connectivity index (χ4n) is 3.23. The molecule has 0 bridgehead atoms. The van der Waals surface area contributed by atoms with Crippen LogP contribution in [0.3, 0.4) is 0 Å². The molecule has 0 fully saturated rings. The highest BCUT2D eigenvalue weighted by molar-refractivity contribution is 7.99. The summed E-state index contributed by atoms with van der Waals surface area (Å²) in [6, 6.07) is 0. The van der Waals surface area contributed by atoms with Crippen LogP contribution in [0, 0.1) is 5.92 Å². The van der Waals surface area contributed by atoms with Gasteiger partial charge in [-0.2, -0.15) is 0 Å². The molecule has 8 nitrogen and oxygen atoms in total. The number of aromatic nitrogens is 3. The van der Waals surface area contributed by atoms with Crippen molar-refractivity contribution in [1.82, 2.24) is 14.8 Å². The second kappa shape index (κ2) is 8.30. The first-order chi connectivity index (χ1) is 12.9. The number of nitrogens with zero attached hydrogens (tertiary/aromatic N) is 2. The summed E-state index contributed by atoms with van der Waals surface area (Å²) >= 11 is 2.62. The zero-order chi connectivity index (χ0) is 19.6. The molecule has 146 valence electrons. The van der Waals surface area contributed by atoms with Crippen LogP contribution in [0.25, 0.3) is 0 Å². The van der Waals surface area contributed by atoms with E-state index < -0.39 is 5.91 Å². The molecule has 2 aromatic rings. The molecule has 2 amide bonds. The van der Waals surface area contributed by atoms with E-state index in [-0.39, 0.29) is 17.3 Å². The smallest absolute Gasteiger partial charge is 0.343 e. The van der Waals surface area contributed by atoms with E-state index >= 15 is 0 Å². The summed E-state index contributed by atoms with van der Waals surface area (Å²) in [5.74, 6) is -0.113. The highest BCUT2D eigenvalue weighted by Gasteiger charge is 2.27. The average molecular weight is 410 g/mol. The molecule has 1 atom stereocenters. The van der Waals surface area contributed by atoms with E-state index in [1.807, 2.05) is 6.92 Å². The quantitative estimate of drug-likeness (QED) is 0.604. The molecule has 3 rings (SSSR count). The number of nitrogens with two attached hydrogens (primary N) is 1. The number of nitrogens with one attached hydrogen (secondary N) is 2. The van der Waals surface area contributed by atoms with Crippen molar-refractivity contribution in [3.63, 3.8) is 0 Å². The van der Waals surface area contributed by atoms with Gasteiger partial charge in [-0.25, -0.2) is 9.89 Å². The molecular weight excluding hydrogens is 386 g/mol. The number of carbonyl (C=O) groups is 2. The van der Waals surface area contributed by atoms with Gasteiger partial charge in [0, 0.05) is 11.4 Å². The Morgan fingerprint density at radius 1 is 1.48 bits per heavy atom. The third kappa shape index (κ3) is 4.27. The molecule has 1 aliphatic carbocycles. The molecule has 0 unspecified atom stereocenters. The molecule has 2 heterocycles. The Morgan fingerprint density at radius 3 is 2.96 bits per heavy atom. The fourth-order valence-corrected chi connectivity index (χ4v) is 5.43. The highest BCUT2D eigenvalue weighted by atomic mass is 32.2. The lowest BCUT2D eigenvalue weighted by atomic mass is 9.88. The number of fused-ring (bicyclic) bond motifs is 1. The van der Waals surface area contributed by atoms with Gasteiger partial charge in [0.15, 0.2) is 5.16 Å². The lowest BCUT2D eigenvalue weighted by Gasteiger charge is -2.18. The van der Waals surface area contributed by atoms with Crippen LogP contribution in [0.5, 0.6) is 0 Å². The number of hydrogen-bond acceptors (Lipinski definition) is 6. The number of hydrogen-bond donors (Lipinski definition) is 3. The molecule has 0 saturated carbocycles. The number of anilines is 1. The van der Waals surface area contributed by atoms with Gasteiger partial charge < -0.3 is 11.1 Å². The lowest BCUT2D eigenvalue weighted by Crippen LogP contribution is -2.20. The monoisotopic (exact) mass is 409 g/mol. The maximum Gasteiger partial charge on any atom is 0.343 e. The van der Waals surface area contributed by atoms with Crippen molar-refractivity contribution in [2.45, 2.75) is 51.2 Å². The summed E-state index contributed by atoms with van der Waals surface area (Å²) in [6.45, 7) is 4.69. The zero-order valence-electron chi connectivity index (χ0n) is 15.3. The predicted octanol–water partition coefficient (Wildman–Crippen LogP) is 2.00. The molecule has 27 heavy (non-hydrogen) atoms. The molecule has 1 aliphatic rings. The van der Waals surface area contributed by atoms with Crippen LogP contribution in [0.15, 0.2) is 9.95 Å². The first-order valence-electron chi connectivity index (χ1n) is 8.92. The van der Waals surface area contributed by atoms with Crippen molar-refractivity contribution in [2.24, 2.45) is 11.7 Å². The standard InChI is InChI=1S/C17H23N5O3S2/c1-3-6-22-16(25)20-21-17(22)26-8-12(23)19-15-13(14(18)24)10-5-4-9(2)7-11(10)27-15/h9H,3-8H2,1-2H3,(H2,18,24)(H,19,23)(H,20,25)/t9-/m0/s1. The van der Waals surface area contributed by atoms with Gasteiger partial charge in [-0.05, 0) is 37.2 Å². The molecule has 0 aromatic carbocycles. The molecule has 0 radical (unpaired) electrons. The molecule has 10 heteroatoms. The fraction of sp³-hybridized carbons (Fsp3) is 0.529. The number of amides is 2. The van der Waals surface area contributed by atoms with E-state index in [2.05, 4.69) is 22.4 Å². The van der Waals surface area contributed by atoms with Crippen LogP contribution < -0.4 is 16.7 Å². The number of thiophene rings is 1. The summed E-state index contributed by atoms with van der Waals surface area (Å²) in [6.07, 6.45) is 3.52. The lowest BCUT2D eigenvalue weighted by molar-refractivity contribution is -0.113. The number of primary amides is 1. The molecular formula is C17H23N5O3S2. The van der Waals surface area contributed by atoms with Crippen LogP contribution >= 0.6 is 23.1 Å². The van der Waals surface area contributed by atoms with Gasteiger partial charge in [0.25, 0.3) is 5.91 Å². The molecule has 4 N–H and O–H groups in total. The molecule has 0 saturated heterocycles. The second-order valence-corrected chi connectivity index (χ2v) is 8.77. The van der Waals surface area contributed by atoms with Crippen molar-refractivity contribution < 1.29 is 9.59 Å². The van der Waals surface area contributed by atoms with Crippen LogP contribution in [0.1, 0.15) is 47.5 Å². The van der Waals surface area contributed by atoms with Gasteiger partial charge in [0.05, 0.1) is 11.3 Å². The number of thioether (sulfide) groups is 1. The summed E-state index contributed by atoms with van der Waals surface area (Å²) in [5.41, 5.74) is 6.72. The SMILES string of the molecule is CCCn1c(SCC(=O)Nc2sc3c(c2C(N)=O)CC[C@H](C)C3)n[nH]c1=O. The Kier molecular flexibility index (Phi) is 6.05. The van der Waals surface area contributed by atoms with Gasteiger partial charge in [-0.15, -0.1) is 16.4 Å². The number of aromatic amines is 1. The first kappa shape index (κ1) is 19.7. The average Bonchev–Trinajstić information content (AvgIpc) is 3.13. The highest BCUT2D eigenvalue weighted by Crippen LogP contribution is 2.39. The van der Waals surface area contributed by atoms with Crippen molar-refractivity contribution in [2.75, 3.05) is 11.1 Å². The van der Waals surface area contributed by atoms with E-state index in [0.717, 1.165) is 36.1 Å². The third-order valence-electron chi connectivity index (χ3n) is 4.51. The van der Waals surface area contributed by atoms with Crippen molar-refractivity contribution in [3.05, 3.63) is 26.5 Å². The van der Waals surface area contributed by atoms with Gasteiger partial charge in [-0.3, -0.25) is 14.2 Å². The van der Waals surface area contributed by atoms with E-state index in [1.165, 1.54) is 27.7 Å². The topological polar surface area (TPSA) is 123 Å². The Hall–Kier alpha value is -2.07.